The average Bonchev–Trinajstić information content (AvgIpc) is 2.50. The van der Waals surface area contributed by atoms with E-state index in [0.29, 0.717) is 31.7 Å². The van der Waals surface area contributed by atoms with E-state index in [1.807, 2.05) is 6.92 Å². The molecule has 1 rings (SSSR count). The Morgan fingerprint density at radius 1 is 1.39 bits per heavy atom. The molecule has 0 amide bonds. The molecule has 23 heavy (non-hydrogen) atoms. The monoisotopic (exact) mass is 344 g/mol. The molecule has 0 aromatic heterocycles. The lowest BCUT2D eigenvalue weighted by molar-refractivity contribution is 0.0696. The first-order chi connectivity index (χ1) is 10.8. The van der Waals surface area contributed by atoms with Crippen molar-refractivity contribution in [3.63, 3.8) is 0 Å². The number of methoxy groups -OCH3 is 1. The third-order valence-corrected chi connectivity index (χ3v) is 4.96. The Labute approximate surface area is 137 Å². The van der Waals surface area contributed by atoms with Crippen molar-refractivity contribution in [1.82, 2.24) is 4.72 Å². The van der Waals surface area contributed by atoms with Crippen LogP contribution in [0.4, 0.5) is 5.69 Å². The number of carbonyl (C=O) groups is 1. The number of carboxylic acids is 1. The van der Waals surface area contributed by atoms with Gasteiger partial charge in [0.05, 0.1) is 11.3 Å². The number of anilines is 1. The SMILES string of the molecule is CC[C@@H](C)NS(=O)(=O)c1cc(C(=O)O)ccc1NCCCOC. The fourth-order valence-electron chi connectivity index (χ4n) is 1.87. The number of nitrogens with one attached hydrogen (secondary N) is 2. The highest BCUT2D eigenvalue weighted by Gasteiger charge is 2.22. The summed E-state index contributed by atoms with van der Waals surface area (Å²) < 4.78 is 32.5. The molecule has 0 saturated heterocycles. The van der Waals surface area contributed by atoms with Gasteiger partial charge < -0.3 is 15.2 Å². The van der Waals surface area contributed by atoms with Crippen LogP contribution < -0.4 is 10.0 Å². The van der Waals surface area contributed by atoms with Gasteiger partial charge in [0.25, 0.3) is 0 Å². The Kier molecular flexibility index (Phi) is 7.47. The molecule has 0 heterocycles. The topological polar surface area (TPSA) is 105 Å². The van der Waals surface area contributed by atoms with Crippen LogP contribution >= 0.6 is 0 Å². The summed E-state index contributed by atoms with van der Waals surface area (Å²) in [6.07, 6.45) is 1.34. The van der Waals surface area contributed by atoms with Crippen molar-refractivity contribution in [2.45, 2.75) is 37.6 Å². The van der Waals surface area contributed by atoms with Crippen LogP contribution in [-0.2, 0) is 14.8 Å². The zero-order valence-corrected chi connectivity index (χ0v) is 14.4. The van der Waals surface area contributed by atoms with Crippen LogP contribution in [0.5, 0.6) is 0 Å². The minimum absolute atomic E-state index is 0.0601. The first-order valence-electron chi connectivity index (χ1n) is 7.44. The van der Waals surface area contributed by atoms with Crippen molar-refractivity contribution < 1.29 is 23.1 Å². The highest BCUT2D eigenvalue weighted by atomic mass is 32.2. The highest BCUT2D eigenvalue weighted by Crippen LogP contribution is 2.23. The van der Waals surface area contributed by atoms with Crippen molar-refractivity contribution in [1.29, 1.82) is 0 Å². The highest BCUT2D eigenvalue weighted by molar-refractivity contribution is 7.89. The lowest BCUT2D eigenvalue weighted by Crippen LogP contribution is -2.32. The molecule has 0 aliphatic carbocycles. The van der Waals surface area contributed by atoms with E-state index in [9.17, 15) is 13.2 Å². The third kappa shape index (κ3) is 5.81. The predicted molar refractivity (Wildman–Crippen MR) is 88.5 cm³/mol. The molecule has 0 unspecified atom stereocenters. The quantitative estimate of drug-likeness (QED) is 0.560. The van der Waals surface area contributed by atoms with Crippen LogP contribution in [0.3, 0.4) is 0 Å². The van der Waals surface area contributed by atoms with Gasteiger partial charge >= 0.3 is 5.97 Å². The maximum absolute atomic E-state index is 12.5. The van der Waals surface area contributed by atoms with Gasteiger partial charge in [-0.2, -0.15) is 0 Å². The number of ether oxygens (including phenoxy) is 1. The summed E-state index contributed by atoms with van der Waals surface area (Å²) in [5.41, 5.74) is 0.305. The first kappa shape index (κ1) is 19.4. The molecule has 1 aromatic carbocycles. The number of hydrogen-bond donors (Lipinski definition) is 3. The number of carboxylic acid groups (broad SMARTS) is 1. The maximum atomic E-state index is 12.5. The van der Waals surface area contributed by atoms with Gasteiger partial charge in [-0.3, -0.25) is 0 Å². The zero-order chi connectivity index (χ0) is 17.5. The second-order valence-corrected chi connectivity index (χ2v) is 6.90. The molecule has 0 fully saturated rings. The van der Waals surface area contributed by atoms with Gasteiger partial charge in [0.2, 0.25) is 10.0 Å². The zero-order valence-electron chi connectivity index (χ0n) is 13.6. The fourth-order valence-corrected chi connectivity index (χ4v) is 3.41. The normalized spacial score (nSPS) is 12.8. The molecule has 130 valence electrons. The van der Waals surface area contributed by atoms with Crippen molar-refractivity contribution >= 4 is 21.7 Å². The van der Waals surface area contributed by atoms with Gasteiger partial charge in [-0.1, -0.05) is 6.92 Å². The Morgan fingerprint density at radius 3 is 2.65 bits per heavy atom. The molecular formula is C15H24N2O5S. The molecule has 0 aliphatic heterocycles. The first-order valence-corrected chi connectivity index (χ1v) is 8.92. The van der Waals surface area contributed by atoms with Gasteiger partial charge in [-0.15, -0.1) is 0 Å². The molecular weight excluding hydrogens is 320 g/mol. The van der Waals surface area contributed by atoms with Crippen LogP contribution in [0.2, 0.25) is 0 Å². The average molecular weight is 344 g/mol. The van der Waals surface area contributed by atoms with Crippen molar-refractivity contribution in [2.24, 2.45) is 0 Å². The van der Waals surface area contributed by atoms with Crippen LogP contribution in [0.15, 0.2) is 23.1 Å². The van der Waals surface area contributed by atoms with E-state index in [2.05, 4.69) is 10.0 Å². The van der Waals surface area contributed by atoms with Crippen molar-refractivity contribution in [3.05, 3.63) is 23.8 Å². The molecule has 3 N–H and O–H groups in total. The van der Waals surface area contributed by atoms with E-state index in [-0.39, 0.29) is 16.5 Å². The molecule has 8 heteroatoms. The van der Waals surface area contributed by atoms with Crippen LogP contribution in [0.25, 0.3) is 0 Å². The van der Waals surface area contributed by atoms with Crippen LogP contribution in [-0.4, -0.2) is 45.8 Å². The second kappa shape index (κ2) is 8.85. The van der Waals surface area contributed by atoms with E-state index < -0.39 is 16.0 Å². The molecule has 7 nitrogen and oxygen atoms in total. The summed E-state index contributed by atoms with van der Waals surface area (Å²) in [5, 5.41) is 12.1. The summed E-state index contributed by atoms with van der Waals surface area (Å²) in [6.45, 7) is 4.69. The Morgan fingerprint density at radius 2 is 2.09 bits per heavy atom. The Balaban J connectivity index is 3.12. The molecule has 0 saturated carbocycles. The summed E-state index contributed by atoms with van der Waals surface area (Å²) in [6, 6.07) is 3.78. The number of rotatable bonds is 10. The molecule has 0 radical (unpaired) electrons. The smallest absolute Gasteiger partial charge is 0.335 e. The van der Waals surface area contributed by atoms with E-state index in [1.165, 1.54) is 18.2 Å². The van der Waals surface area contributed by atoms with Gasteiger partial charge in [-0.25, -0.2) is 17.9 Å². The number of aromatic carboxylic acids is 1. The summed E-state index contributed by atoms with van der Waals surface area (Å²) in [7, 11) is -2.22. The molecule has 1 aromatic rings. The van der Waals surface area contributed by atoms with Crippen LogP contribution in [0.1, 0.15) is 37.0 Å². The van der Waals surface area contributed by atoms with Gasteiger partial charge in [0.1, 0.15) is 4.90 Å². The van der Waals surface area contributed by atoms with Gasteiger partial charge in [0.15, 0.2) is 0 Å². The lowest BCUT2D eigenvalue weighted by Gasteiger charge is -2.16. The Bertz CT molecular complexity index is 631. The Hall–Kier alpha value is -1.64. The molecule has 0 aliphatic rings. The number of sulfonamides is 1. The second-order valence-electron chi connectivity index (χ2n) is 5.22. The summed E-state index contributed by atoms with van der Waals surface area (Å²) in [4.78, 5) is 11.1. The van der Waals surface area contributed by atoms with Crippen LogP contribution in [0, 0.1) is 0 Å². The molecule has 0 bridgehead atoms. The largest absolute Gasteiger partial charge is 0.478 e. The van der Waals surface area contributed by atoms with Crippen molar-refractivity contribution in [2.75, 3.05) is 25.6 Å². The minimum Gasteiger partial charge on any atom is -0.478 e. The number of benzene rings is 1. The maximum Gasteiger partial charge on any atom is 0.335 e. The summed E-state index contributed by atoms with van der Waals surface area (Å²) >= 11 is 0. The molecule has 1 atom stereocenters. The van der Waals surface area contributed by atoms with Crippen molar-refractivity contribution in [3.8, 4) is 0 Å². The third-order valence-electron chi connectivity index (χ3n) is 3.33. The van der Waals surface area contributed by atoms with E-state index in [1.54, 1.807) is 14.0 Å². The van der Waals surface area contributed by atoms with E-state index in [4.69, 9.17) is 9.84 Å². The summed E-state index contributed by atoms with van der Waals surface area (Å²) in [5.74, 6) is -1.17. The predicted octanol–water partition coefficient (Wildman–Crippen LogP) is 1.91. The van der Waals surface area contributed by atoms with Gasteiger partial charge in [-0.05, 0) is 38.0 Å². The minimum atomic E-state index is -3.81. The number of hydrogen-bond acceptors (Lipinski definition) is 5. The van der Waals surface area contributed by atoms with E-state index in [0.717, 1.165) is 0 Å². The lowest BCUT2D eigenvalue weighted by atomic mass is 10.2. The fraction of sp³-hybridized carbons (Fsp3) is 0.533. The standard InChI is InChI=1S/C15H24N2O5S/c1-4-11(2)17-23(20,21)14-10-12(15(18)19)6-7-13(14)16-8-5-9-22-3/h6-7,10-11,16-17H,4-5,8-9H2,1-3H3,(H,18,19)/t11-/m1/s1. The van der Waals surface area contributed by atoms with Gasteiger partial charge in [0, 0.05) is 26.3 Å². The van der Waals surface area contributed by atoms with E-state index >= 15 is 0 Å². The molecule has 0 spiro atoms.